The summed E-state index contributed by atoms with van der Waals surface area (Å²) in [5.41, 5.74) is 1.98. The van der Waals surface area contributed by atoms with E-state index in [0.29, 0.717) is 12.1 Å². The maximum Gasteiger partial charge on any atom is 0.295 e. The second kappa shape index (κ2) is 5.53. The Bertz CT molecular complexity index is 720. The van der Waals surface area contributed by atoms with Crippen molar-refractivity contribution in [1.29, 1.82) is 0 Å². The molecule has 22 heavy (non-hydrogen) atoms. The molecule has 0 saturated heterocycles. The number of aryl methyl sites for hydroxylation is 1. The highest BCUT2D eigenvalue weighted by molar-refractivity contribution is 5.96. The number of fused-ring (bicyclic) bond motifs is 1. The van der Waals surface area contributed by atoms with Gasteiger partial charge in [0.2, 0.25) is 0 Å². The summed E-state index contributed by atoms with van der Waals surface area (Å²) in [5, 5.41) is 15.4. The van der Waals surface area contributed by atoms with E-state index in [4.69, 9.17) is 4.74 Å². The lowest BCUT2D eigenvalue weighted by Gasteiger charge is -2.40. The average Bonchev–Trinajstić information content (AvgIpc) is 2.45. The second-order valence-corrected chi connectivity index (χ2v) is 5.84. The van der Waals surface area contributed by atoms with E-state index < -0.39 is 0 Å². The molecule has 6 nitrogen and oxygen atoms in total. The van der Waals surface area contributed by atoms with Crippen molar-refractivity contribution < 1.29 is 9.66 Å². The van der Waals surface area contributed by atoms with E-state index in [9.17, 15) is 10.1 Å². The maximum absolute atomic E-state index is 11.2. The Morgan fingerprint density at radius 1 is 1.45 bits per heavy atom. The number of methoxy groups -OCH3 is 1. The monoisotopic (exact) mass is 301 g/mol. The third-order valence-corrected chi connectivity index (χ3v) is 4.44. The van der Waals surface area contributed by atoms with E-state index in [1.807, 2.05) is 19.1 Å². The summed E-state index contributed by atoms with van der Waals surface area (Å²) >= 11 is 0. The molecule has 0 bridgehead atoms. The SMILES string of the molecule is COC1(CNc2cc(C)nc3c([N+](=O)[O-])cccc23)CCC1. The number of hydrogen-bond donors (Lipinski definition) is 1. The van der Waals surface area contributed by atoms with Gasteiger partial charge in [0.25, 0.3) is 5.69 Å². The second-order valence-electron chi connectivity index (χ2n) is 5.84. The normalized spacial score (nSPS) is 16.3. The molecule has 116 valence electrons. The minimum absolute atomic E-state index is 0.0364. The summed E-state index contributed by atoms with van der Waals surface area (Å²) in [7, 11) is 1.74. The van der Waals surface area contributed by atoms with Crippen LogP contribution in [0.1, 0.15) is 25.0 Å². The largest absolute Gasteiger partial charge is 0.382 e. The number of nitro benzene ring substituents is 1. The number of benzene rings is 1. The van der Waals surface area contributed by atoms with Crippen molar-refractivity contribution in [2.75, 3.05) is 19.0 Å². The summed E-state index contributed by atoms with van der Waals surface area (Å²) in [6.07, 6.45) is 3.26. The number of ether oxygens (including phenoxy) is 1. The molecule has 6 heteroatoms. The first-order valence-electron chi connectivity index (χ1n) is 7.38. The molecule has 0 amide bonds. The van der Waals surface area contributed by atoms with E-state index in [0.717, 1.165) is 29.6 Å². The van der Waals surface area contributed by atoms with Gasteiger partial charge in [-0.05, 0) is 32.3 Å². The molecule has 1 aromatic heterocycles. The zero-order valence-corrected chi connectivity index (χ0v) is 12.8. The molecule has 1 heterocycles. The van der Waals surface area contributed by atoms with E-state index in [1.165, 1.54) is 12.5 Å². The number of aromatic nitrogens is 1. The van der Waals surface area contributed by atoms with E-state index >= 15 is 0 Å². The lowest BCUT2D eigenvalue weighted by molar-refractivity contribution is -0.383. The summed E-state index contributed by atoms with van der Waals surface area (Å²) in [4.78, 5) is 15.1. The van der Waals surface area contributed by atoms with Crippen molar-refractivity contribution in [3.05, 3.63) is 40.1 Å². The molecule has 3 rings (SSSR count). The smallest absolute Gasteiger partial charge is 0.295 e. The molecule has 0 spiro atoms. The highest BCUT2D eigenvalue weighted by atomic mass is 16.6. The summed E-state index contributed by atoms with van der Waals surface area (Å²) in [6, 6.07) is 6.96. The lowest BCUT2D eigenvalue weighted by atomic mass is 9.80. The van der Waals surface area contributed by atoms with Gasteiger partial charge in [-0.1, -0.05) is 12.1 Å². The van der Waals surface area contributed by atoms with Gasteiger partial charge in [-0.25, -0.2) is 4.98 Å². The van der Waals surface area contributed by atoms with Crippen molar-refractivity contribution in [3.63, 3.8) is 0 Å². The number of anilines is 1. The minimum Gasteiger partial charge on any atom is -0.382 e. The molecule has 2 aromatic rings. The molecule has 1 aliphatic carbocycles. The molecule has 1 fully saturated rings. The topological polar surface area (TPSA) is 77.3 Å². The Kier molecular flexibility index (Phi) is 3.70. The van der Waals surface area contributed by atoms with E-state index in [1.54, 1.807) is 13.2 Å². The maximum atomic E-state index is 11.2. The first kappa shape index (κ1) is 14.7. The van der Waals surface area contributed by atoms with Crippen molar-refractivity contribution >= 4 is 22.3 Å². The summed E-state index contributed by atoms with van der Waals surface area (Å²) in [6.45, 7) is 2.54. The number of para-hydroxylation sites is 1. The summed E-state index contributed by atoms with van der Waals surface area (Å²) in [5.74, 6) is 0. The fraction of sp³-hybridized carbons (Fsp3) is 0.438. The van der Waals surface area contributed by atoms with Gasteiger partial charge in [0, 0.05) is 36.5 Å². The van der Waals surface area contributed by atoms with Crippen LogP contribution in [0.3, 0.4) is 0 Å². The quantitative estimate of drug-likeness (QED) is 0.676. The highest BCUT2D eigenvalue weighted by Gasteiger charge is 2.36. The Morgan fingerprint density at radius 3 is 2.82 bits per heavy atom. The van der Waals surface area contributed by atoms with Crippen LogP contribution >= 0.6 is 0 Å². The molecule has 1 N–H and O–H groups in total. The van der Waals surface area contributed by atoms with Gasteiger partial charge < -0.3 is 10.1 Å². The van der Waals surface area contributed by atoms with Gasteiger partial charge in [-0.2, -0.15) is 0 Å². The molecular weight excluding hydrogens is 282 g/mol. The molecule has 0 aliphatic heterocycles. The number of nitrogens with one attached hydrogen (secondary N) is 1. The first-order chi connectivity index (χ1) is 10.5. The Balaban J connectivity index is 1.98. The van der Waals surface area contributed by atoms with Gasteiger partial charge in [-0.15, -0.1) is 0 Å². The van der Waals surface area contributed by atoms with Crippen LogP contribution in [0.4, 0.5) is 11.4 Å². The van der Waals surface area contributed by atoms with Crippen molar-refractivity contribution in [3.8, 4) is 0 Å². The fourth-order valence-corrected chi connectivity index (χ4v) is 2.94. The average molecular weight is 301 g/mol. The number of non-ortho nitro benzene ring substituents is 1. The van der Waals surface area contributed by atoms with Gasteiger partial charge in [0.1, 0.15) is 0 Å². The van der Waals surface area contributed by atoms with Crippen LogP contribution < -0.4 is 5.32 Å². The number of rotatable bonds is 5. The van der Waals surface area contributed by atoms with Crippen molar-refractivity contribution in [1.82, 2.24) is 4.98 Å². The van der Waals surface area contributed by atoms with Gasteiger partial charge in [0.15, 0.2) is 5.52 Å². The molecule has 0 radical (unpaired) electrons. The fourth-order valence-electron chi connectivity index (χ4n) is 2.94. The summed E-state index contributed by atoms with van der Waals surface area (Å²) < 4.78 is 5.61. The minimum atomic E-state index is -0.388. The zero-order valence-electron chi connectivity index (χ0n) is 12.8. The van der Waals surface area contributed by atoms with Crippen LogP contribution in [0.25, 0.3) is 10.9 Å². The molecule has 1 aromatic carbocycles. The number of nitrogens with zero attached hydrogens (tertiary/aromatic N) is 2. The van der Waals surface area contributed by atoms with Crippen LogP contribution in [0.5, 0.6) is 0 Å². The van der Waals surface area contributed by atoms with Crippen LogP contribution in [-0.4, -0.2) is 29.2 Å². The van der Waals surface area contributed by atoms with Crippen LogP contribution in [0.2, 0.25) is 0 Å². The first-order valence-corrected chi connectivity index (χ1v) is 7.38. The van der Waals surface area contributed by atoms with Gasteiger partial charge in [-0.3, -0.25) is 10.1 Å². The lowest BCUT2D eigenvalue weighted by Crippen LogP contribution is -2.45. The number of nitro groups is 1. The van der Waals surface area contributed by atoms with Gasteiger partial charge >= 0.3 is 0 Å². The zero-order chi connectivity index (χ0) is 15.7. The van der Waals surface area contributed by atoms with Crippen LogP contribution in [-0.2, 0) is 4.74 Å². The highest BCUT2D eigenvalue weighted by Crippen LogP contribution is 2.36. The van der Waals surface area contributed by atoms with E-state index in [2.05, 4.69) is 10.3 Å². The Labute approximate surface area is 128 Å². The van der Waals surface area contributed by atoms with Crippen molar-refractivity contribution in [2.45, 2.75) is 31.8 Å². The number of pyridine rings is 1. The predicted molar refractivity (Wildman–Crippen MR) is 85.2 cm³/mol. The van der Waals surface area contributed by atoms with Crippen molar-refractivity contribution in [2.24, 2.45) is 0 Å². The molecule has 1 saturated carbocycles. The third kappa shape index (κ3) is 2.50. The number of hydrogen-bond acceptors (Lipinski definition) is 5. The molecule has 1 aliphatic rings. The standard InChI is InChI=1S/C16H19N3O3/c1-11-9-13(17-10-16(22-2)7-4-8-16)12-5-3-6-14(19(20)21)15(12)18-11/h3,5-6,9H,4,7-8,10H2,1-2H3,(H,17,18). The van der Waals surface area contributed by atoms with Crippen LogP contribution in [0, 0.1) is 17.0 Å². The van der Waals surface area contributed by atoms with Crippen LogP contribution in [0.15, 0.2) is 24.3 Å². The van der Waals surface area contributed by atoms with Gasteiger partial charge in [0.05, 0.1) is 10.5 Å². The third-order valence-electron chi connectivity index (χ3n) is 4.44. The molecule has 0 atom stereocenters. The Hall–Kier alpha value is -2.21. The Morgan fingerprint density at radius 2 is 2.23 bits per heavy atom. The predicted octanol–water partition coefficient (Wildman–Crippen LogP) is 3.43. The molecule has 0 unspecified atom stereocenters. The van der Waals surface area contributed by atoms with E-state index in [-0.39, 0.29) is 16.2 Å². The molecular formula is C16H19N3O3.